The van der Waals surface area contributed by atoms with Gasteiger partial charge in [-0.1, -0.05) is 18.2 Å². The van der Waals surface area contributed by atoms with Gasteiger partial charge in [-0.3, -0.25) is 19.8 Å². The highest BCUT2D eigenvalue weighted by Gasteiger charge is 2.18. The molecule has 4 nitrogen and oxygen atoms in total. The molecule has 1 aromatic carbocycles. The molecule has 0 fully saturated rings. The highest BCUT2D eigenvalue weighted by molar-refractivity contribution is 6.05. The van der Waals surface area contributed by atoms with Crippen LogP contribution in [0, 0.1) is 0 Å². The molecule has 1 aromatic rings. The predicted molar refractivity (Wildman–Crippen MR) is 75.9 cm³/mol. The molecule has 4 heteroatoms. The summed E-state index contributed by atoms with van der Waals surface area (Å²) < 4.78 is 0. The lowest BCUT2D eigenvalue weighted by atomic mass is 10.2. The van der Waals surface area contributed by atoms with Crippen LogP contribution >= 0.6 is 0 Å². The molecule has 0 bridgehead atoms. The van der Waals surface area contributed by atoms with E-state index in [9.17, 15) is 9.59 Å². The van der Waals surface area contributed by atoms with Crippen LogP contribution in [0.15, 0.2) is 30.3 Å². The minimum Gasteiger partial charge on any atom is -0.291 e. The first-order valence-corrected chi connectivity index (χ1v) is 6.56. The number of imide groups is 1. The predicted octanol–water partition coefficient (Wildman–Crippen LogP) is 2.06. The topological polar surface area (TPSA) is 49.4 Å². The van der Waals surface area contributed by atoms with Crippen molar-refractivity contribution in [1.29, 1.82) is 0 Å². The van der Waals surface area contributed by atoms with E-state index in [1.54, 1.807) is 24.3 Å². The van der Waals surface area contributed by atoms with E-state index in [1.807, 2.05) is 38.7 Å². The van der Waals surface area contributed by atoms with Crippen molar-refractivity contribution in [3.05, 3.63) is 35.9 Å². The molecule has 2 amide bonds. The van der Waals surface area contributed by atoms with Crippen LogP contribution in [-0.4, -0.2) is 35.3 Å². The van der Waals surface area contributed by atoms with Crippen molar-refractivity contribution in [1.82, 2.24) is 10.2 Å². The molecule has 0 aliphatic rings. The van der Waals surface area contributed by atoms with Gasteiger partial charge in [0.25, 0.3) is 5.91 Å². The number of hydrogen-bond acceptors (Lipinski definition) is 3. The van der Waals surface area contributed by atoms with Crippen LogP contribution in [0.5, 0.6) is 0 Å². The fourth-order valence-electron chi connectivity index (χ4n) is 1.96. The number of carbonyl (C=O) groups excluding carboxylic acids is 2. The van der Waals surface area contributed by atoms with Crippen molar-refractivity contribution in [3.8, 4) is 0 Å². The van der Waals surface area contributed by atoms with Crippen LogP contribution in [0.1, 0.15) is 38.1 Å². The van der Waals surface area contributed by atoms with E-state index in [1.165, 1.54) is 0 Å². The monoisotopic (exact) mass is 262 g/mol. The van der Waals surface area contributed by atoms with Gasteiger partial charge < -0.3 is 0 Å². The maximum Gasteiger partial charge on any atom is 0.257 e. The molecular weight excluding hydrogens is 240 g/mol. The number of carbonyl (C=O) groups is 2. The zero-order valence-corrected chi connectivity index (χ0v) is 12.0. The van der Waals surface area contributed by atoms with Crippen molar-refractivity contribution < 1.29 is 9.59 Å². The lowest BCUT2D eigenvalue weighted by Gasteiger charge is -2.29. The summed E-state index contributed by atoms with van der Waals surface area (Å²) in [5.74, 6) is -0.616. The Morgan fingerprint density at radius 2 is 1.58 bits per heavy atom. The van der Waals surface area contributed by atoms with E-state index in [0.29, 0.717) is 5.56 Å². The van der Waals surface area contributed by atoms with Gasteiger partial charge in [-0.25, -0.2) is 0 Å². The molecule has 0 atom stereocenters. The van der Waals surface area contributed by atoms with E-state index >= 15 is 0 Å². The smallest absolute Gasteiger partial charge is 0.257 e. The first-order valence-electron chi connectivity index (χ1n) is 6.56. The zero-order valence-electron chi connectivity index (χ0n) is 12.0. The van der Waals surface area contributed by atoms with Crippen LogP contribution in [-0.2, 0) is 4.79 Å². The fraction of sp³-hybridized carbons (Fsp3) is 0.467. The van der Waals surface area contributed by atoms with Gasteiger partial charge >= 0.3 is 0 Å². The first kappa shape index (κ1) is 15.4. The minimum absolute atomic E-state index is 0.230. The number of amides is 2. The Balaban J connectivity index is 2.58. The van der Waals surface area contributed by atoms with E-state index in [-0.39, 0.29) is 30.4 Å². The molecule has 0 heterocycles. The Kier molecular flexibility index (Phi) is 5.70. The first-order chi connectivity index (χ1) is 8.91. The zero-order chi connectivity index (χ0) is 14.4. The van der Waals surface area contributed by atoms with Gasteiger partial charge in [-0.05, 0) is 39.8 Å². The highest BCUT2D eigenvalue weighted by Crippen LogP contribution is 2.04. The molecule has 0 radical (unpaired) electrons. The average molecular weight is 262 g/mol. The third kappa shape index (κ3) is 4.83. The quantitative estimate of drug-likeness (QED) is 0.883. The van der Waals surface area contributed by atoms with E-state index in [2.05, 4.69) is 5.32 Å². The Morgan fingerprint density at radius 3 is 2.05 bits per heavy atom. The second-order valence-corrected chi connectivity index (χ2v) is 5.10. The Morgan fingerprint density at radius 1 is 1.05 bits per heavy atom. The Labute approximate surface area is 114 Å². The van der Waals surface area contributed by atoms with Crippen LogP contribution in [0.2, 0.25) is 0 Å². The molecule has 0 aliphatic carbocycles. The van der Waals surface area contributed by atoms with Gasteiger partial charge in [-0.2, -0.15) is 0 Å². The molecule has 1 rings (SSSR count). The summed E-state index contributed by atoms with van der Waals surface area (Å²) in [6.45, 7) is 8.37. The lowest BCUT2D eigenvalue weighted by molar-refractivity contribution is -0.122. The number of hydrogen-bond donors (Lipinski definition) is 1. The second kappa shape index (κ2) is 7.04. The standard InChI is InChI=1S/C15H22N2O2/c1-11(2)17(12(3)4)10-14(18)16-15(19)13-8-6-5-7-9-13/h5-9,11-12H,10H2,1-4H3,(H,16,18,19). The van der Waals surface area contributed by atoms with Gasteiger partial charge in [0.05, 0.1) is 6.54 Å². The summed E-state index contributed by atoms with van der Waals surface area (Å²) >= 11 is 0. The maximum absolute atomic E-state index is 11.9. The molecule has 0 saturated heterocycles. The van der Waals surface area contributed by atoms with Crippen LogP contribution in [0.3, 0.4) is 0 Å². The molecule has 1 N–H and O–H groups in total. The van der Waals surface area contributed by atoms with Gasteiger partial charge in [0.2, 0.25) is 5.91 Å². The third-order valence-corrected chi connectivity index (χ3v) is 2.94. The van der Waals surface area contributed by atoms with E-state index < -0.39 is 0 Å². The maximum atomic E-state index is 11.9. The summed E-state index contributed by atoms with van der Waals surface area (Å²) in [6, 6.07) is 9.27. The minimum atomic E-state index is -0.349. The summed E-state index contributed by atoms with van der Waals surface area (Å²) in [5, 5.41) is 2.42. The third-order valence-electron chi connectivity index (χ3n) is 2.94. The summed E-state index contributed by atoms with van der Waals surface area (Å²) in [5.41, 5.74) is 0.497. The molecule has 0 aromatic heterocycles. The second-order valence-electron chi connectivity index (χ2n) is 5.10. The number of nitrogens with zero attached hydrogens (tertiary/aromatic N) is 1. The van der Waals surface area contributed by atoms with Gasteiger partial charge in [0.15, 0.2) is 0 Å². The van der Waals surface area contributed by atoms with Crippen LogP contribution in [0.4, 0.5) is 0 Å². The molecule has 0 spiro atoms. The van der Waals surface area contributed by atoms with Crippen molar-refractivity contribution in [3.63, 3.8) is 0 Å². The van der Waals surface area contributed by atoms with Gasteiger partial charge in [0.1, 0.15) is 0 Å². The molecular formula is C15H22N2O2. The van der Waals surface area contributed by atoms with Gasteiger partial charge in [0, 0.05) is 17.6 Å². The number of nitrogens with one attached hydrogen (secondary N) is 1. The van der Waals surface area contributed by atoms with E-state index in [0.717, 1.165) is 0 Å². The SMILES string of the molecule is CC(C)N(CC(=O)NC(=O)c1ccccc1)C(C)C. The molecule has 0 unspecified atom stereocenters. The Hall–Kier alpha value is -1.68. The number of rotatable bonds is 5. The van der Waals surface area contributed by atoms with Crippen molar-refractivity contribution >= 4 is 11.8 Å². The number of benzene rings is 1. The summed E-state index contributed by atoms with van der Waals surface area (Å²) in [4.78, 5) is 25.7. The van der Waals surface area contributed by atoms with Crippen molar-refractivity contribution in [2.45, 2.75) is 39.8 Å². The molecule has 0 aliphatic heterocycles. The normalized spacial score (nSPS) is 11.1. The van der Waals surface area contributed by atoms with Gasteiger partial charge in [-0.15, -0.1) is 0 Å². The van der Waals surface area contributed by atoms with Crippen LogP contribution < -0.4 is 5.32 Å². The molecule has 19 heavy (non-hydrogen) atoms. The van der Waals surface area contributed by atoms with E-state index in [4.69, 9.17) is 0 Å². The lowest BCUT2D eigenvalue weighted by Crippen LogP contribution is -2.45. The van der Waals surface area contributed by atoms with Crippen molar-refractivity contribution in [2.75, 3.05) is 6.54 Å². The van der Waals surface area contributed by atoms with Crippen LogP contribution in [0.25, 0.3) is 0 Å². The average Bonchev–Trinajstić information content (AvgIpc) is 2.36. The summed E-state index contributed by atoms with van der Waals surface area (Å²) in [7, 11) is 0. The molecule has 104 valence electrons. The highest BCUT2D eigenvalue weighted by atomic mass is 16.2. The Bertz CT molecular complexity index is 419. The molecule has 0 saturated carbocycles. The largest absolute Gasteiger partial charge is 0.291 e. The fourth-order valence-corrected chi connectivity index (χ4v) is 1.96. The van der Waals surface area contributed by atoms with Crippen molar-refractivity contribution in [2.24, 2.45) is 0 Å². The summed E-state index contributed by atoms with van der Waals surface area (Å²) in [6.07, 6.45) is 0.